The largest absolute Gasteiger partial charge is 0.497 e. The monoisotopic (exact) mass is 520 g/mol. The number of carbonyl (C=O) groups is 2. The first-order valence-electron chi connectivity index (χ1n) is 12.0. The van der Waals surface area contributed by atoms with Gasteiger partial charge in [-0.1, -0.05) is 12.1 Å². The first-order valence-corrected chi connectivity index (χ1v) is 12.0. The van der Waals surface area contributed by atoms with Crippen molar-refractivity contribution in [1.29, 1.82) is 0 Å². The summed E-state index contributed by atoms with van der Waals surface area (Å²) in [5.41, 5.74) is 0.781. The van der Waals surface area contributed by atoms with Gasteiger partial charge in [0.15, 0.2) is 0 Å². The van der Waals surface area contributed by atoms with Gasteiger partial charge in [0.05, 0.1) is 25.2 Å². The van der Waals surface area contributed by atoms with Crippen LogP contribution in [0.5, 0.6) is 5.75 Å². The van der Waals surface area contributed by atoms with Crippen molar-refractivity contribution in [2.24, 2.45) is 0 Å². The first-order chi connectivity index (χ1) is 18.4. The van der Waals surface area contributed by atoms with E-state index in [1.54, 1.807) is 48.5 Å². The third-order valence-corrected chi connectivity index (χ3v) is 5.92. The van der Waals surface area contributed by atoms with E-state index >= 15 is 0 Å². The first kappa shape index (κ1) is 26.6. The normalized spacial score (nSPS) is 14.1. The summed E-state index contributed by atoms with van der Waals surface area (Å²) >= 11 is 0. The van der Waals surface area contributed by atoms with E-state index in [4.69, 9.17) is 13.9 Å². The second-order valence-corrected chi connectivity index (χ2v) is 8.46. The number of ether oxygens (including phenoxy) is 2. The Balaban J connectivity index is 1.52. The summed E-state index contributed by atoms with van der Waals surface area (Å²) in [5.74, 6) is 0.317. The van der Waals surface area contributed by atoms with Gasteiger partial charge in [0.25, 0.3) is 17.5 Å². The fourth-order valence-electron chi connectivity index (χ4n) is 3.84. The van der Waals surface area contributed by atoms with E-state index in [2.05, 4.69) is 15.5 Å². The number of hydrogen-bond acceptors (Lipinski definition) is 8. The van der Waals surface area contributed by atoms with Crippen molar-refractivity contribution in [3.8, 4) is 17.1 Å². The van der Waals surface area contributed by atoms with Gasteiger partial charge in [-0.2, -0.15) is 0 Å². The van der Waals surface area contributed by atoms with Crippen LogP contribution in [0.25, 0.3) is 17.4 Å². The average molecular weight is 521 g/mol. The van der Waals surface area contributed by atoms with Crippen LogP contribution in [-0.4, -0.2) is 68.1 Å². The Hall–Kier alpha value is -4.48. The minimum atomic E-state index is -0.485. The Morgan fingerprint density at radius 1 is 1.11 bits per heavy atom. The molecule has 0 bridgehead atoms. The van der Waals surface area contributed by atoms with E-state index < -0.39 is 16.7 Å². The summed E-state index contributed by atoms with van der Waals surface area (Å²) < 4.78 is 16.3. The van der Waals surface area contributed by atoms with Crippen LogP contribution in [0.1, 0.15) is 16.1 Å². The lowest BCUT2D eigenvalue weighted by molar-refractivity contribution is -0.384. The van der Waals surface area contributed by atoms with Crippen LogP contribution >= 0.6 is 0 Å². The number of furan rings is 1. The van der Waals surface area contributed by atoms with E-state index in [1.807, 2.05) is 0 Å². The zero-order chi connectivity index (χ0) is 26.9. The number of carbonyl (C=O) groups excluding carboxylic acids is 2. The molecule has 1 fully saturated rings. The topological polar surface area (TPSA) is 136 Å². The number of nitrogens with zero attached hydrogens (tertiary/aromatic N) is 2. The van der Waals surface area contributed by atoms with Crippen LogP contribution in [0.15, 0.2) is 70.8 Å². The number of amides is 2. The maximum atomic E-state index is 13.1. The van der Waals surface area contributed by atoms with Crippen LogP contribution in [0.4, 0.5) is 5.69 Å². The smallest absolute Gasteiger partial charge is 0.270 e. The SMILES string of the molecule is COc1ccc(C(=O)NC(=Cc2ccc(-c3cccc([N+](=O)[O-])c3)o2)C(=O)NCCN2CCOCC2)cc1. The van der Waals surface area contributed by atoms with E-state index in [1.165, 1.54) is 25.3 Å². The maximum Gasteiger partial charge on any atom is 0.270 e. The molecule has 2 heterocycles. The molecular formula is C27H28N4O7. The minimum Gasteiger partial charge on any atom is -0.497 e. The van der Waals surface area contributed by atoms with Crippen LogP contribution in [0.3, 0.4) is 0 Å². The van der Waals surface area contributed by atoms with Crippen LogP contribution in [0.2, 0.25) is 0 Å². The number of nitrogens with one attached hydrogen (secondary N) is 2. The zero-order valence-electron chi connectivity index (χ0n) is 20.8. The number of benzene rings is 2. The highest BCUT2D eigenvalue weighted by Gasteiger charge is 2.17. The van der Waals surface area contributed by atoms with E-state index in [0.29, 0.717) is 54.7 Å². The number of nitro benzene ring substituents is 1. The third-order valence-electron chi connectivity index (χ3n) is 5.92. The van der Waals surface area contributed by atoms with Crippen molar-refractivity contribution >= 4 is 23.6 Å². The summed E-state index contributed by atoms with van der Waals surface area (Å²) in [6.07, 6.45) is 1.42. The molecule has 2 N–H and O–H groups in total. The number of morpholine rings is 1. The molecule has 1 aliphatic heterocycles. The van der Waals surface area contributed by atoms with Crippen LogP contribution < -0.4 is 15.4 Å². The molecule has 38 heavy (non-hydrogen) atoms. The predicted octanol–water partition coefficient (Wildman–Crippen LogP) is 3.08. The lowest BCUT2D eigenvalue weighted by Crippen LogP contribution is -2.42. The number of nitro groups is 1. The molecule has 1 aromatic heterocycles. The van der Waals surface area contributed by atoms with Crippen LogP contribution in [-0.2, 0) is 9.53 Å². The highest BCUT2D eigenvalue weighted by molar-refractivity contribution is 6.05. The number of non-ortho nitro benzene ring substituents is 1. The van der Waals surface area contributed by atoms with Gasteiger partial charge in [-0.25, -0.2) is 0 Å². The molecule has 0 aliphatic carbocycles. The number of hydrogen-bond donors (Lipinski definition) is 2. The lowest BCUT2D eigenvalue weighted by Gasteiger charge is -2.26. The molecular weight excluding hydrogens is 492 g/mol. The molecule has 2 aromatic carbocycles. The highest BCUT2D eigenvalue weighted by atomic mass is 16.6. The second kappa shape index (κ2) is 12.7. The highest BCUT2D eigenvalue weighted by Crippen LogP contribution is 2.26. The minimum absolute atomic E-state index is 0.00672. The summed E-state index contributed by atoms with van der Waals surface area (Å²) in [5, 5.41) is 16.6. The Kier molecular flexibility index (Phi) is 8.85. The molecule has 2 amide bonds. The van der Waals surface area contributed by atoms with Crippen molar-refractivity contribution in [1.82, 2.24) is 15.5 Å². The number of rotatable bonds is 10. The lowest BCUT2D eigenvalue weighted by atomic mass is 10.1. The van der Waals surface area contributed by atoms with Gasteiger partial charge in [0.2, 0.25) is 0 Å². The standard InChI is InChI=1S/C27H28N4O7/c1-36-22-7-5-19(6-8-22)26(32)29-24(27(33)28-11-12-30-13-15-37-16-14-30)18-23-9-10-25(38-23)20-3-2-4-21(17-20)31(34)35/h2-10,17-18H,11-16H2,1H3,(H,28,33)(H,29,32). The quantitative estimate of drug-likeness (QED) is 0.236. The van der Waals surface area contributed by atoms with Gasteiger partial charge in [-0.05, 0) is 36.4 Å². The van der Waals surface area contributed by atoms with Crippen LogP contribution in [0, 0.1) is 10.1 Å². The molecule has 1 aliphatic rings. The van der Waals surface area contributed by atoms with Crippen molar-refractivity contribution in [2.45, 2.75) is 0 Å². The van der Waals surface area contributed by atoms with Gasteiger partial charge >= 0.3 is 0 Å². The molecule has 0 spiro atoms. The van der Waals surface area contributed by atoms with E-state index in [-0.39, 0.29) is 11.4 Å². The molecule has 198 valence electrons. The van der Waals surface area contributed by atoms with Crippen molar-refractivity contribution in [3.63, 3.8) is 0 Å². The molecule has 1 saturated heterocycles. The Morgan fingerprint density at radius 3 is 2.58 bits per heavy atom. The van der Waals surface area contributed by atoms with Gasteiger partial charge in [0.1, 0.15) is 23.0 Å². The number of methoxy groups -OCH3 is 1. The van der Waals surface area contributed by atoms with Gasteiger partial charge in [0, 0.05) is 55.5 Å². The molecule has 0 atom stereocenters. The summed E-state index contributed by atoms with van der Waals surface area (Å²) in [7, 11) is 1.53. The Morgan fingerprint density at radius 2 is 1.87 bits per heavy atom. The molecule has 4 rings (SSSR count). The Labute approximate surface area is 219 Å². The van der Waals surface area contributed by atoms with Gasteiger partial charge in [-0.3, -0.25) is 24.6 Å². The summed E-state index contributed by atoms with van der Waals surface area (Å²) in [6, 6.07) is 15.8. The molecule has 0 radical (unpaired) electrons. The van der Waals surface area contributed by atoms with E-state index in [9.17, 15) is 19.7 Å². The fourth-order valence-corrected chi connectivity index (χ4v) is 3.84. The molecule has 0 saturated carbocycles. The van der Waals surface area contributed by atoms with Gasteiger partial charge < -0.3 is 24.5 Å². The maximum absolute atomic E-state index is 13.1. The molecule has 0 unspecified atom stereocenters. The zero-order valence-corrected chi connectivity index (χ0v) is 20.8. The van der Waals surface area contributed by atoms with Gasteiger partial charge in [-0.15, -0.1) is 0 Å². The van der Waals surface area contributed by atoms with E-state index in [0.717, 1.165) is 13.1 Å². The summed E-state index contributed by atoms with van der Waals surface area (Å²) in [6.45, 7) is 3.92. The van der Waals surface area contributed by atoms with Crippen molar-refractivity contribution in [3.05, 3.63) is 87.8 Å². The van der Waals surface area contributed by atoms with Crippen molar-refractivity contribution in [2.75, 3.05) is 46.5 Å². The Bertz CT molecular complexity index is 1310. The summed E-state index contributed by atoms with van der Waals surface area (Å²) in [4.78, 5) is 38.8. The fraction of sp³-hybridized carbons (Fsp3) is 0.259. The third kappa shape index (κ3) is 7.05. The second-order valence-electron chi connectivity index (χ2n) is 8.46. The average Bonchev–Trinajstić information content (AvgIpc) is 3.42. The van der Waals surface area contributed by atoms with Crippen molar-refractivity contribution < 1.29 is 28.4 Å². The predicted molar refractivity (Wildman–Crippen MR) is 140 cm³/mol. The molecule has 11 nitrogen and oxygen atoms in total. The molecule has 11 heteroatoms. The molecule has 3 aromatic rings.